The highest BCUT2D eigenvalue weighted by Crippen LogP contribution is 2.07. The van der Waals surface area contributed by atoms with Gasteiger partial charge in [-0.25, -0.2) is 0 Å². The summed E-state index contributed by atoms with van der Waals surface area (Å²) in [6.45, 7) is 5.43. The third kappa shape index (κ3) is 3.64. The van der Waals surface area contributed by atoms with E-state index in [0.29, 0.717) is 6.42 Å². The zero-order valence-electron chi connectivity index (χ0n) is 6.45. The Morgan fingerprint density at radius 1 is 1.60 bits per heavy atom. The van der Waals surface area contributed by atoms with Gasteiger partial charge in [-0.1, -0.05) is 13.0 Å². The number of hydrogen-bond donors (Lipinski definition) is 2. The van der Waals surface area contributed by atoms with Crippen molar-refractivity contribution in [2.75, 3.05) is 6.61 Å². The minimum atomic E-state index is -0.386. The summed E-state index contributed by atoms with van der Waals surface area (Å²) in [5.41, 5.74) is 0. The third-order valence-electron chi connectivity index (χ3n) is 1.61. The number of rotatable bonds is 5. The highest BCUT2D eigenvalue weighted by atomic mass is 16.3. The van der Waals surface area contributed by atoms with Crippen molar-refractivity contribution in [3.05, 3.63) is 12.7 Å². The highest BCUT2D eigenvalue weighted by Gasteiger charge is 2.10. The maximum atomic E-state index is 9.24. The molecule has 0 spiro atoms. The van der Waals surface area contributed by atoms with Crippen LogP contribution in [0, 0.1) is 5.92 Å². The standard InChI is InChI=1S/C8H16O2/c1-3-4-5-8(10)7(2)6-9/h3,7-10H,1,4-6H2,2H3/t7-,8-/m1/s1. The van der Waals surface area contributed by atoms with Crippen LogP contribution in [0.3, 0.4) is 0 Å². The molecule has 60 valence electrons. The molecule has 2 nitrogen and oxygen atoms in total. The fraction of sp³-hybridized carbons (Fsp3) is 0.750. The molecule has 2 heteroatoms. The Morgan fingerprint density at radius 3 is 2.60 bits per heavy atom. The van der Waals surface area contributed by atoms with Crippen molar-refractivity contribution >= 4 is 0 Å². The molecule has 0 aliphatic carbocycles. The van der Waals surface area contributed by atoms with E-state index in [1.165, 1.54) is 0 Å². The third-order valence-corrected chi connectivity index (χ3v) is 1.61. The summed E-state index contributed by atoms with van der Waals surface area (Å²) in [5.74, 6) is -0.0139. The Labute approximate surface area is 62.2 Å². The fourth-order valence-corrected chi connectivity index (χ4v) is 0.695. The molecule has 0 heterocycles. The number of allylic oxidation sites excluding steroid dienone is 1. The molecule has 0 amide bonds. The first kappa shape index (κ1) is 9.66. The van der Waals surface area contributed by atoms with Gasteiger partial charge in [0.1, 0.15) is 0 Å². The van der Waals surface area contributed by atoms with Crippen molar-refractivity contribution in [1.82, 2.24) is 0 Å². The Bertz CT molecular complexity index is 91.3. The molecule has 0 radical (unpaired) electrons. The molecule has 0 rings (SSSR count). The second kappa shape index (κ2) is 5.45. The van der Waals surface area contributed by atoms with Crippen molar-refractivity contribution in [2.24, 2.45) is 5.92 Å². The zero-order valence-corrected chi connectivity index (χ0v) is 6.45. The van der Waals surface area contributed by atoms with Crippen LogP contribution in [0.15, 0.2) is 12.7 Å². The summed E-state index contributed by atoms with van der Waals surface area (Å²) < 4.78 is 0. The van der Waals surface area contributed by atoms with E-state index in [2.05, 4.69) is 6.58 Å². The SMILES string of the molecule is C=CCC[C@@H](O)[C@H](C)CO. The van der Waals surface area contributed by atoms with E-state index in [1.54, 1.807) is 6.08 Å². The van der Waals surface area contributed by atoms with Gasteiger partial charge in [0, 0.05) is 12.5 Å². The zero-order chi connectivity index (χ0) is 7.98. The topological polar surface area (TPSA) is 40.5 Å². The molecule has 0 aliphatic rings. The summed E-state index contributed by atoms with van der Waals surface area (Å²) in [7, 11) is 0. The molecule has 0 aromatic rings. The van der Waals surface area contributed by atoms with Crippen LogP contribution in [0.5, 0.6) is 0 Å². The van der Waals surface area contributed by atoms with Crippen LogP contribution in [0.2, 0.25) is 0 Å². The molecule has 2 atom stereocenters. The van der Waals surface area contributed by atoms with Crippen LogP contribution in [0.1, 0.15) is 19.8 Å². The first-order valence-corrected chi connectivity index (χ1v) is 3.62. The summed E-state index contributed by atoms with van der Waals surface area (Å²) in [4.78, 5) is 0. The van der Waals surface area contributed by atoms with Gasteiger partial charge in [0.15, 0.2) is 0 Å². The largest absolute Gasteiger partial charge is 0.396 e. The van der Waals surface area contributed by atoms with Crippen LogP contribution < -0.4 is 0 Å². The van der Waals surface area contributed by atoms with Gasteiger partial charge in [-0.3, -0.25) is 0 Å². The molecular weight excluding hydrogens is 128 g/mol. The van der Waals surface area contributed by atoms with E-state index >= 15 is 0 Å². The van der Waals surface area contributed by atoms with Crippen molar-refractivity contribution in [3.63, 3.8) is 0 Å². The smallest absolute Gasteiger partial charge is 0.0590 e. The van der Waals surface area contributed by atoms with E-state index < -0.39 is 0 Å². The second-order valence-corrected chi connectivity index (χ2v) is 2.59. The highest BCUT2D eigenvalue weighted by molar-refractivity contribution is 4.71. The van der Waals surface area contributed by atoms with Crippen LogP contribution >= 0.6 is 0 Å². The predicted molar refractivity (Wildman–Crippen MR) is 41.7 cm³/mol. The molecule has 0 aliphatic heterocycles. The fourth-order valence-electron chi connectivity index (χ4n) is 0.695. The Morgan fingerprint density at radius 2 is 2.20 bits per heavy atom. The maximum Gasteiger partial charge on any atom is 0.0590 e. The lowest BCUT2D eigenvalue weighted by Crippen LogP contribution is -2.20. The number of aliphatic hydroxyl groups excluding tert-OH is 2. The molecular formula is C8H16O2. The molecule has 0 fully saturated rings. The first-order chi connectivity index (χ1) is 4.72. The number of aliphatic hydroxyl groups is 2. The van der Waals surface area contributed by atoms with Gasteiger partial charge in [0.2, 0.25) is 0 Å². The average molecular weight is 144 g/mol. The molecule has 0 saturated carbocycles. The normalized spacial score (nSPS) is 16.3. The minimum absolute atomic E-state index is 0.0139. The number of hydrogen-bond acceptors (Lipinski definition) is 2. The van der Waals surface area contributed by atoms with E-state index in [9.17, 15) is 5.11 Å². The predicted octanol–water partition coefficient (Wildman–Crippen LogP) is 0.942. The molecule has 0 unspecified atom stereocenters. The Balaban J connectivity index is 3.40. The lowest BCUT2D eigenvalue weighted by Gasteiger charge is -2.14. The van der Waals surface area contributed by atoms with E-state index in [0.717, 1.165) is 6.42 Å². The van der Waals surface area contributed by atoms with Gasteiger partial charge in [0.25, 0.3) is 0 Å². The summed E-state index contributed by atoms with van der Waals surface area (Å²) >= 11 is 0. The minimum Gasteiger partial charge on any atom is -0.396 e. The van der Waals surface area contributed by atoms with Crippen LogP contribution in [-0.2, 0) is 0 Å². The van der Waals surface area contributed by atoms with Gasteiger partial charge < -0.3 is 10.2 Å². The van der Waals surface area contributed by atoms with Crippen LogP contribution in [0.25, 0.3) is 0 Å². The molecule has 0 bridgehead atoms. The molecule has 0 saturated heterocycles. The average Bonchev–Trinajstić information content (AvgIpc) is 1.98. The quantitative estimate of drug-likeness (QED) is 0.564. The van der Waals surface area contributed by atoms with Gasteiger partial charge in [-0.15, -0.1) is 6.58 Å². The van der Waals surface area contributed by atoms with E-state index in [4.69, 9.17) is 5.11 Å². The van der Waals surface area contributed by atoms with Crippen LogP contribution in [0.4, 0.5) is 0 Å². The van der Waals surface area contributed by atoms with Crippen molar-refractivity contribution in [3.8, 4) is 0 Å². The first-order valence-electron chi connectivity index (χ1n) is 3.62. The van der Waals surface area contributed by atoms with Gasteiger partial charge in [0.05, 0.1) is 6.10 Å². The van der Waals surface area contributed by atoms with Gasteiger partial charge >= 0.3 is 0 Å². The summed E-state index contributed by atoms with van der Waals surface area (Å²) in [5, 5.41) is 17.9. The lowest BCUT2D eigenvalue weighted by molar-refractivity contribution is 0.0714. The lowest BCUT2D eigenvalue weighted by atomic mass is 10.0. The second-order valence-electron chi connectivity index (χ2n) is 2.59. The van der Waals surface area contributed by atoms with Crippen molar-refractivity contribution < 1.29 is 10.2 Å². The Kier molecular flexibility index (Phi) is 5.26. The monoisotopic (exact) mass is 144 g/mol. The van der Waals surface area contributed by atoms with Crippen molar-refractivity contribution in [1.29, 1.82) is 0 Å². The molecule has 0 aromatic heterocycles. The summed E-state index contributed by atoms with van der Waals surface area (Å²) in [6.07, 6.45) is 2.90. The van der Waals surface area contributed by atoms with E-state index in [-0.39, 0.29) is 18.6 Å². The van der Waals surface area contributed by atoms with Gasteiger partial charge in [-0.2, -0.15) is 0 Å². The molecule has 0 aromatic carbocycles. The molecule has 2 N–H and O–H groups in total. The van der Waals surface area contributed by atoms with E-state index in [1.807, 2.05) is 6.92 Å². The maximum absolute atomic E-state index is 9.24. The Hall–Kier alpha value is -0.340. The van der Waals surface area contributed by atoms with Crippen molar-refractivity contribution in [2.45, 2.75) is 25.9 Å². The molecule has 10 heavy (non-hydrogen) atoms. The summed E-state index contributed by atoms with van der Waals surface area (Å²) in [6, 6.07) is 0. The van der Waals surface area contributed by atoms with Gasteiger partial charge in [-0.05, 0) is 12.8 Å². The van der Waals surface area contributed by atoms with Crippen LogP contribution in [-0.4, -0.2) is 22.9 Å².